The van der Waals surface area contributed by atoms with Crippen LogP contribution in [0.15, 0.2) is 18.2 Å². The van der Waals surface area contributed by atoms with Crippen LogP contribution < -0.4 is 5.32 Å². The van der Waals surface area contributed by atoms with Gasteiger partial charge in [-0.3, -0.25) is 19.7 Å². The molecule has 1 N–H and O–H groups in total. The van der Waals surface area contributed by atoms with Crippen LogP contribution in [0.2, 0.25) is 0 Å². The average molecular weight is 419 g/mol. The van der Waals surface area contributed by atoms with E-state index in [1.807, 2.05) is 13.8 Å². The molecule has 1 aromatic carbocycles. The Labute approximate surface area is 163 Å². The predicted molar refractivity (Wildman–Crippen MR) is 94.1 cm³/mol. The number of rotatable bonds is 6. The molecule has 0 saturated carbocycles. The van der Waals surface area contributed by atoms with Gasteiger partial charge in [-0.25, -0.2) is 0 Å². The van der Waals surface area contributed by atoms with Gasteiger partial charge in [0.25, 0.3) is 11.6 Å². The highest BCUT2D eigenvalue weighted by atomic mass is 19.4. The second-order valence-electron chi connectivity index (χ2n) is 6.56. The topological polar surface area (TPSA) is 111 Å². The number of esters is 1. The highest BCUT2D eigenvalue weighted by Gasteiger charge is 2.33. The van der Waals surface area contributed by atoms with Crippen molar-refractivity contribution in [3.8, 4) is 0 Å². The van der Waals surface area contributed by atoms with Crippen molar-refractivity contribution in [2.45, 2.75) is 32.2 Å². The zero-order chi connectivity index (χ0) is 21.8. The molecule has 1 saturated heterocycles. The van der Waals surface area contributed by atoms with Gasteiger partial charge >= 0.3 is 12.1 Å². The van der Waals surface area contributed by atoms with Crippen LogP contribution >= 0.6 is 0 Å². The quantitative estimate of drug-likeness (QED) is 0.428. The number of hydrogen-bond donors (Lipinski definition) is 1. The first-order valence-corrected chi connectivity index (χ1v) is 8.65. The van der Waals surface area contributed by atoms with Crippen LogP contribution in [0.5, 0.6) is 0 Å². The third-order valence-corrected chi connectivity index (χ3v) is 4.07. The van der Waals surface area contributed by atoms with Crippen molar-refractivity contribution in [3.05, 3.63) is 33.9 Å². The highest BCUT2D eigenvalue weighted by molar-refractivity contribution is 5.82. The molecule has 0 unspecified atom stereocenters. The van der Waals surface area contributed by atoms with Crippen molar-refractivity contribution in [2.24, 2.45) is 0 Å². The molecule has 9 nitrogen and oxygen atoms in total. The fourth-order valence-electron chi connectivity index (χ4n) is 2.84. The van der Waals surface area contributed by atoms with Gasteiger partial charge < -0.3 is 19.7 Å². The molecule has 1 amide bonds. The molecule has 0 spiro atoms. The standard InChI is InChI=1S/C17H20F3N3O6/c1-10-7-22(8-11(2)29-10)15(24)9-28-16(25)6-21-13-4-3-12(17(18,19)20)5-14(13)23(26)27/h3-5,10-11,21H,6-9H2,1-2H3/t10-,11-/m0/s1. The van der Waals surface area contributed by atoms with Gasteiger partial charge in [-0.05, 0) is 26.0 Å². The number of nitrogens with one attached hydrogen (secondary N) is 1. The third-order valence-electron chi connectivity index (χ3n) is 4.07. The Hall–Kier alpha value is -2.89. The first-order valence-electron chi connectivity index (χ1n) is 8.65. The van der Waals surface area contributed by atoms with E-state index in [2.05, 4.69) is 5.32 Å². The van der Waals surface area contributed by atoms with Crippen LogP contribution in [-0.4, -0.2) is 60.1 Å². The molecule has 1 heterocycles. The van der Waals surface area contributed by atoms with Crippen molar-refractivity contribution < 1.29 is 37.2 Å². The van der Waals surface area contributed by atoms with E-state index in [-0.39, 0.29) is 17.9 Å². The molecule has 12 heteroatoms. The third kappa shape index (κ3) is 6.31. The Morgan fingerprint density at radius 3 is 2.48 bits per heavy atom. The SMILES string of the molecule is C[C@H]1CN(C(=O)COC(=O)CNc2ccc(C(F)(F)F)cc2[N+](=O)[O-])C[C@H](C)O1. The summed E-state index contributed by atoms with van der Waals surface area (Å²) in [5, 5.41) is 13.4. The number of benzene rings is 1. The van der Waals surface area contributed by atoms with Gasteiger partial charge in [-0.15, -0.1) is 0 Å². The Morgan fingerprint density at radius 1 is 1.31 bits per heavy atom. The summed E-state index contributed by atoms with van der Waals surface area (Å²) < 4.78 is 48.4. The highest BCUT2D eigenvalue weighted by Crippen LogP contribution is 2.34. The van der Waals surface area contributed by atoms with E-state index in [0.29, 0.717) is 25.2 Å². The molecule has 1 aliphatic heterocycles. The lowest BCUT2D eigenvalue weighted by Gasteiger charge is -2.35. The van der Waals surface area contributed by atoms with E-state index < -0.39 is 47.4 Å². The largest absolute Gasteiger partial charge is 0.454 e. The van der Waals surface area contributed by atoms with Gasteiger partial charge in [0.05, 0.1) is 22.7 Å². The number of carbonyl (C=O) groups excluding carboxylic acids is 2. The summed E-state index contributed by atoms with van der Waals surface area (Å²) in [5.41, 5.74) is -2.29. The number of halogens is 3. The summed E-state index contributed by atoms with van der Waals surface area (Å²) in [7, 11) is 0. The van der Waals surface area contributed by atoms with E-state index in [4.69, 9.17) is 9.47 Å². The lowest BCUT2D eigenvalue weighted by atomic mass is 10.1. The summed E-state index contributed by atoms with van der Waals surface area (Å²) in [6.07, 6.45) is -5.04. The summed E-state index contributed by atoms with van der Waals surface area (Å²) in [5.74, 6) is -1.30. The lowest BCUT2D eigenvalue weighted by Crippen LogP contribution is -2.49. The van der Waals surface area contributed by atoms with Gasteiger partial charge in [-0.2, -0.15) is 13.2 Å². The minimum absolute atomic E-state index is 0.153. The van der Waals surface area contributed by atoms with Crippen molar-refractivity contribution in [2.75, 3.05) is 31.6 Å². The van der Waals surface area contributed by atoms with E-state index in [1.165, 1.54) is 4.90 Å². The maximum atomic E-state index is 12.7. The Morgan fingerprint density at radius 2 is 1.93 bits per heavy atom. The molecule has 1 aliphatic rings. The number of nitro groups is 1. The Balaban J connectivity index is 1.90. The molecule has 0 radical (unpaired) electrons. The number of ether oxygens (including phenoxy) is 2. The van der Waals surface area contributed by atoms with Crippen LogP contribution in [0, 0.1) is 10.1 Å². The maximum absolute atomic E-state index is 12.7. The van der Waals surface area contributed by atoms with Crippen LogP contribution in [0.4, 0.5) is 24.5 Å². The fraction of sp³-hybridized carbons (Fsp3) is 0.529. The molecule has 0 aliphatic carbocycles. The molecule has 0 aromatic heterocycles. The molecule has 1 fully saturated rings. The minimum atomic E-state index is -4.74. The summed E-state index contributed by atoms with van der Waals surface area (Å²) in [6.45, 7) is 3.25. The van der Waals surface area contributed by atoms with Crippen molar-refractivity contribution in [1.82, 2.24) is 4.90 Å². The molecule has 2 atom stereocenters. The van der Waals surface area contributed by atoms with Gasteiger partial charge in [0.15, 0.2) is 6.61 Å². The Kier molecular flexibility index (Phi) is 7.01. The average Bonchev–Trinajstić information content (AvgIpc) is 2.62. The summed E-state index contributed by atoms with van der Waals surface area (Å²) >= 11 is 0. The Bertz CT molecular complexity index is 776. The summed E-state index contributed by atoms with van der Waals surface area (Å²) in [4.78, 5) is 35.4. The maximum Gasteiger partial charge on any atom is 0.416 e. The summed E-state index contributed by atoms with van der Waals surface area (Å²) in [6, 6.07) is 1.89. The number of hydrogen-bond acceptors (Lipinski definition) is 7. The smallest absolute Gasteiger partial charge is 0.416 e. The monoisotopic (exact) mass is 419 g/mol. The van der Waals surface area contributed by atoms with Gasteiger partial charge in [-0.1, -0.05) is 0 Å². The number of carbonyl (C=O) groups is 2. The van der Waals surface area contributed by atoms with Crippen LogP contribution in [0.25, 0.3) is 0 Å². The molecule has 160 valence electrons. The second-order valence-corrected chi connectivity index (χ2v) is 6.56. The van der Waals surface area contributed by atoms with E-state index in [0.717, 1.165) is 6.07 Å². The number of nitrogens with zero attached hydrogens (tertiary/aromatic N) is 2. The number of morpholine rings is 1. The van der Waals surface area contributed by atoms with Crippen molar-refractivity contribution in [1.29, 1.82) is 0 Å². The van der Waals surface area contributed by atoms with Crippen molar-refractivity contribution in [3.63, 3.8) is 0 Å². The molecule has 29 heavy (non-hydrogen) atoms. The fourth-order valence-corrected chi connectivity index (χ4v) is 2.84. The second kappa shape index (κ2) is 9.07. The van der Waals surface area contributed by atoms with E-state index in [1.54, 1.807) is 0 Å². The zero-order valence-electron chi connectivity index (χ0n) is 15.7. The molecule has 1 aromatic rings. The number of anilines is 1. The number of alkyl halides is 3. The minimum Gasteiger partial charge on any atom is -0.454 e. The molecule has 0 bridgehead atoms. The van der Waals surface area contributed by atoms with Crippen molar-refractivity contribution >= 4 is 23.3 Å². The van der Waals surface area contributed by atoms with Gasteiger partial charge in [0.2, 0.25) is 0 Å². The van der Waals surface area contributed by atoms with Crippen LogP contribution in [-0.2, 0) is 25.2 Å². The number of amides is 1. The van der Waals surface area contributed by atoms with E-state index in [9.17, 15) is 32.9 Å². The lowest BCUT2D eigenvalue weighted by molar-refractivity contribution is -0.384. The molecule has 2 rings (SSSR count). The first-order chi connectivity index (χ1) is 13.5. The van der Waals surface area contributed by atoms with E-state index >= 15 is 0 Å². The van der Waals surface area contributed by atoms with Crippen LogP contribution in [0.3, 0.4) is 0 Å². The number of nitro benzene ring substituents is 1. The predicted octanol–water partition coefficient (Wildman–Crippen LogP) is 2.20. The van der Waals surface area contributed by atoms with Gasteiger partial charge in [0.1, 0.15) is 12.2 Å². The van der Waals surface area contributed by atoms with Crippen LogP contribution in [0.1, 0.15) is 19.4 Å². The molecular formula is C17H20F3N3O6. The molecular weight excluding hydrogens is 399 g/mol. The van der Waals surface area contributed by atoms with Gasteiger partial charge in [0, 0.05) is 19.2 Å². The zero-order valence-corrected chi connectivity index (χ0v) is 15.7. The normalized spacial score (nSPS) is 19.6. The first kappa shape index (κ1) is 22.4.